The predicted octanol–water partition coefficient (Wildman–Crippen LogP) is 7.02. The summed E-state index contributed by atoms with van der Waals surface area (Å²) in [5, 5.41) is 16.2. The van der Waals surface area contributed by atoms with E-state index in [2.05, 4.69) is 88.1 Å². The zero-order chi connectivity index (χ0) is 26.7. The molecule has 0 bridgehead atoms. The Labute approximate surface area is 220 Å². The van der Waals surface area contributed by atoms with Crippen LogP contribution < -0.4 is 0 Å². The van der Waals surface area contributed by atoms with Crippen molar-refractivity contribution in [2.75, 3.05) is 0 Å². The quantitative estimate of drug-likeness (QED) is 0.264. The molecule has 0 unspecified atom stereocenters. The Bertz CT molecular complexity index is 1580. The highest BCUT2D eigenvalue weighted by atomic mass is 15.3. The Hall–Kier alpha value is -3.41. The second-order valence-corrected chi connectivity index (χ2v) is 12.6. The van der Waals surface area contributed by atoms with E-state index in [4.69, 9.17) is 5.10 Å². The molecule has 1 aliphatic rings. The average Bonchev–Trinajstić information content (AvgIpc) is 3.38. The molecule has 194 valence electrons. The van der Waals surface area contributed by atoms with Gasteiger partial charge in [-0.25, -0.2) is 0 Å². The molecule has 1 aliphatic carbocycles. The molecule has 1 saturated carbocycles. The summed E-state index contributed by atoms with van der Waals surface area (Å²) in [6.07, 6.45) is 6.49. The monoisotopic (exact) mass is 496 g/mol. The SMILES string of the molecule is Cn1cc(-c2nn(C)c3ccc(C(C)(C)C)cc23)cn1.Cn1nc(C2CC2)c2cc(C(C)(C)C)ccc21. The van der Waals surface area contributed by atoms with E-state index in [1.165, 1.54) is 46.0 Å². The average molecular weight is 497 g/mol. The number of aromatic nitrogens is 6. The second kappa shape index (κ2) is 8.86. The summed E-state index contributed by atoms with van der Waals surface area (Å²) >= 11 is 0. The van der Waals surface area contributed by atoms with Gasteiger partial charge in [0.25, 0.3) is 0 Å². The number of hydrogen-bond acceptors (Lipinski definition) is 3. The Balaban J connectivity index is 0.000000153. The van der Waals surface area contributed by atoms with Gasteiger partial charge in [0, 0.05) is 49.6 Å². The van der Waals surface area contributed by atoms with Gasteiger partial charge in [-0.1, -0.05) is 53.7 Å². The van der Waals surface area contributed by atoms with Gasteiger partial charge in [-0.2, -0.15) is 15.3 Å². The standard InChI is InChI=1S/C16H20N4.C15H20N2/c1-16(2,3)12-6-7-14-13(8-12)15(18-20(14)5)11-9-17-19(4)10-11;1-15(2,3)11-7-8-13-12(9-11)14(10-5-6-10)16-17(13)4/h6-10H,1-5H3;7-10H,5-6H2,1-4H3. The number of nitrogens with zero attached hydrogens (tertiary/aromatic N) is 6. The summed E-state index contributed by atoms with van der Waals surface area (Å²) in [4.78, 5) is 0. The van der Waals surface area contributed by atoms with Crippen LogP contribution in [0.1, 0.15) is 77.1 Å². The van der Waals surface area contributed by atoms with Crippen molar-refractivity contribution in [3.8, 4) is 11.3 Å². The first kappa shape index (κ1) is 25.2. The van der Waals surface area contributed by atoms with Crippen LogP contribution in [0.5, 0.6) is 0 Å². The van der Waals surface area contributed by atoms with Crippen molar-refractivity contribution in [2.24, 2.45) is 21.1 Å². The summed E-state index contributed by atoms with van der Waals surface area (Å²) < 4.78 is 5.77. The lowest BCUT2D eigenvalue weighted by Gasteiger charge is -2.19. The molecule has 3 heterocycles. The summed E-state index contributed by atoms with van der Waals surface area (Å²) in [7, 11) is 5.96. The first-order chi connectivity index (χ1) is 17.3. The summed E-state index contributed by atoms with van der Waals surface area (Å²) in [6, 6.07) is 13.4. The van der Waals surface area contributed by atoms with Crippen LogP contribution in [0.3, 0.4) is 0 Å². The van der Waals surface area contributed by atoms with Crippen LogP contribution in [0.25, 0.3) is 33.1 Å². The molecule has 0 atom stereocenters. The number of rotatable bonds is 2. The molecular weight excluding hydrogens is 456 g/mol. The molecule has 0 saturated heterocycles. The zero-order valence-electron chi connectivity index (χ0n) is 23.8. The predicted molar refractivity (Wildman–Crippen MR) is 153 cm³/mol. The molecule has 6 nitrogen and oxygen atoms in total. The normalized spacial score (nSPS) is 14.3. The van der Waals surface area contributed by atoms with Crippen molar-refractivity contribution >= 4 is 21.8 Å². The lowest BCUT2D eigenvalue weighted by atomic mass is 9.86. The molecule has 3 aromatic heterocycles. The van der Waals surface area contributed by atoms with Crippen LogP contribution in [0.4, 0.5) is 0 Å². The molecule has 37 heavy (non-hydrogen) atoms. The van der Waals surface area contributed by atoms with E-state index in [1.54, 1.807) is 0 Å². The second-order valence-electron chi connectivity index (χ2n) is 12.6. The maximum atomic E-state index is 4.69. The maximum Gasteiger partial charge on any atom is 0.103 e. The fourth-order valence-corrected chi connectivity index (χ4v) is 4.91. The maximum absolute atomic E-state index is 4.69. The van der Waals surface area contributed by atoms with Gasteiger partial charge in [0.15, 0.2) is 0 Å². The Morgan fingerprint density at radius 3 is 1.78 bits per heavy atom. The number of aryl methyl sites for hydroxylation is 3. The highest BCUT2D eigenvalue weighted by Gasteiger charge is 2.29. The third kappa shape index (κ3) is 4.94. The molecule has 0 aliphatic heterocycles. The summed E-state index contributed by atoms with van der Waals surface area (Å²) in [5.74, 6) is 0.717. The fraction of sp³-hybridized carbons (Fsp3) is 0.452. The molecule has 0 amide bonds. The molecule has 0 N–H and O–H groups in total. The number of hydrogen-bond donors (Lipinski definition) is 0. The highest BCUT2D eigenvalue weighted by Crippen LogP contribution is 2.43. The zero-order valence-corrected chi connectivity index (χ0v) is 23.8. The summed E-state index contributed by atoms with van der Waals surface area (Å²) in [5.41, 5.74) is 8.86. The van der Waals surface area contributed by atoms with Gasteiger partial charge in [-0.05, 0) is 59.1 Å². The van der Waals surface area contributed by atoms with Crippen molar-refractivity contribution in [3.05, 3.63) is 65.6 Å². The van der Waals surface area contributed by atoms with Gasteiger partial charge in [0.1, 0.15) is 5.69 Å². The Morgan fingerprint density at radius 1 is 0.730 bits per heavy atom. The topological polar surface area (TPSA) is 53.5 Å². The molecule has 6 heteroatoms. The van der Waals surface area contributed by atoms with Gasteiger partial charge in [0.2, 0.25) is 0 Å². The van der Waals surface area contributed by atoms with Gasteiger partial charge < -0.3 is 0 Å². The van der Waals surface area contributed by atoms with Crippen molar-refractivity contribution in [1.82, 2.24) is 29.3 Å². The van der Waals surface area contributed by atoms with E-state index in [0.29, 0.717) is 5.92 Å². The summed E-state index contributed by atoms with van der Waals surface area (Å²) in [6.45, 7) is 13.5. The van der Waals surface area contributed by atoms with Crippen molar-refractivity contribution in [3.63, 3.8) is 0 Å². The minimum Gasteiger partial charge on any atom is -0.275 e. The minimum absolute atomic E-state index is 0.135. The molecule has 6 rings (SSSR count). The third-order valence-electron chi connectivity index (χ3n) is 7.40. The first-order valence-corrected chi connectivity index (χ1v) is 13.3. The van der Waals surface area contributed by atoms with Crippen molar-refractivity contribution in [1.29, 1.82) is 0 Å². The number of benzene rings is 2. The molecule has 5 aromatic rings. The van der Waals surface area contributed by atoms with Crippen LogP contribution in [0.2, 0.25) is 0 Å². The molecule has 0 radical (unpaired) electrons. The largest absolute Gasteiger partial charge is 0.275 e. The van der Waals surface area contributed by atoms with Gasteiger partial charge in [-0.15, -0.1) is 0 Å². The minimum atomic E-state index is 0.135. The first-order valence-electron chi connectivity index (χ1n) is 13.3. The van der Waals surface area contributed by atoms with Crippen LogP contribution in [0, 0.1) is 0 Å². The smallest absolute Gasteiger partial charge is 0.103 e. The van der Waals surface area contributed by atoms with E-state index in [1.807, 2.05) is 47.6 Å². The van der Waals surface area contributed by atoms with Crippen LogP contribution in [-0.2, 0) is 32.0 Å². The van der Waals surface area contributed by atoms with E-state index >= 15 is 0 Å². The van der Waals surface area contributed by atoms with E-state index in [9.17, 15) is 0 Å². The van der Waals surface area contributed by atoms with Crippen LogP contribution in [0.15, 0.2) is 48.8 Å². The molecular formula is C31H40N6. The third-order valence-corrected chi connectivity index (χ3v) is 7.40. The molecule has 0 spiro atoms. The van der Waals surface area contributed by atoms with Gasteiger partial charge >= 0.3 is 0 Å². The highest BCUT2D eigenvalue weighted by molar-refractivity contribution is 5.93. The van der Waals surface area contributed by atoms with E-state index in [0.717, 1.165) is 16.8 Å². The molecule has 1 fully saturated rings. The van der Waals surface area contributed by atoms with Gasteiger partial charge in [-0.3, -0.25) is 14.0 Å². The Morgan fingerprint density at radius 2 is 1.27 bits per heavy atom. The lowest BCUT2D eigenvalue weighted by molar-refractivity contribution is 0.591. The molecule has 2 aromatic carbocycles. The number of fused-ring (bicyclic) bond motifs is 2. The fourth-order valence-electron chi connectivity index (χ4n) is 4.91. The Kier molecular flexibility index (Phi) is 6.05. The van der Waals surface area contributed by atoms with Crippen molar-refractivity contribution < 1.29 is 0 Å². The van der Waals surface area contributed by atoms with Crippen LogP contribution in [-0.4, -0.2) is 29.3 Å². The lowest BCUT2D eigenvalue weighted by Crippen LogP contribution is -2.10. The van der Waals surface area contributed by atoms with Crippen LogP contribution >= 0.6 is 0 Å². The van der Waals surface area contributed by atoms with Crippen molar-refractivity contribution in [2.45, 2.75) is 71.1 Å². The van der Waals surface area contributed by atoms with E-state index < -0.39 is 0 Å². The van der Waals surface area contributed by atoms with E-state index in [-0.39, 0.29) is 10.8 Å². The van der Waals surface area contributed by atoms with Gasteiger partial charge in [0.05, 0.1) is 22.9 Å².